The summed E-state index contributed by atoms with van der Waals surface area (Å²) in [7, 11) is 0. The van der Waals surface area contributed by atoms with Gasteiger partial charge < -0.3 is 14.6 Å². The summed E-state index contributed by atoms with van der Waals surface area (Å²) in [4.78, 5) is 24.5. The Morgan fingerprint density at radius 1 is 1.45 bits per heavy atom. The van der Waals surface area contributed by atoms with E-state index in [-0.39, 0.29) is 17.8 Å². The summed E-state index contributed by atoms with van der Waals surface area (Å²) in [6, 6.07) is 6.25. The molecule has 1 atom stereocenters. The van der Waals surface area contributed by atoms with Gasteiger partial charge in [0.2, 0.25) is 5.89 Å². The van der Waals surface area contributed by atoms with Crippen LogP contribution in [0.1, 0.15) is 58.4 Å². The molecule has 6 nitrogen and oxygen atoms in total. The lowest BCUT2D eigenvalue weighted by molar-refractivity contribution is 0.0718. The summed E-state index contributed by atoms with van der Waals surface area (Å²) in [5.41, 5.74) is 1.56. The van der Waals surface area contributed by atoms with Crippen molar-refractivity contribution in [2.24, 2.45) is 0 Å². The molecule has 152 valence electrons. The Labute approximate surface area is 172 Å². The highest BCUT2D eigenvalue weighted by atomic mass is 32.1. The van der Waals surface area contributed by atoms with Crippen LogP contribution in [0.2, 0.25) is 0 Å². The van der Waals surface area contributed by atoms with Crippen molar-refractivity contribution in [2.45, 2.75) is 39.2 Å². The van der Waals surface area contributed by atoms with Gasteiger partial charge in [0.05, 0.1) is 11.9 Å². The quantitative estimate of drug-likeness (QED) is 0.639. The molecule has 0 aliphatic carbocycles. The van der Waals surface area contributed by atoms with Crippen molar-refractivity contribution in [2.75, 3.05) is 18.4 Å². The normalized spacial score (nSPS) is 16.4. The van der Waals surface area contributed by atoms with E-state index in [0.717, 1.165) is 35.8 Å². The van der Waals surface area contributed by atoms with E-state index in [1.54, 1.807) is 12.3 Å². The third-order valence-corrected chi connectivity index (χ3v) is 6.06. The lowest BCUT2D eigenvalue weighted by Crippen LogP contribution is -2.30. The Morgan fingerprint density at radius 3 is 3.10 bits per heavy atom. The number of nitrogens with one attached hydrogen (secondary N) is 1. The van der Waals surface area contributed by atoms with Crippen LogP contribution in [0.25, 0.3) is 0 Å². The number of likely N-dealkylation sites (tertiary alicyclic amines) is 1. The molecule has 8 heteroatoms. The fourth-order valence-corrected chi connectivity index (χ4v) is 4.62. The van der Waals surface area contributed by atoms with Gasteiger partial charge in [0.15, 0.2) is 5.13 Å². The number of thiazole rings is 1. The van der Waals surface area contributed by atoms with Gasteiger partial charge >= 0.3 is 0 Å². The maximum absolute atomic E-state index is 13.4. The van der Waals surface area contributed by atoms with Crippen LogP contribution < -0.4 is 5.32 Å². The Kier molecular flexibility index (Phi) is 5.62. The number of carbonyl (C=O) groups is 1. The van der Waals surface area contributed by atoms with Crippen LogP contribution in [0, 0.1) is 12.7 Å². The van der Waals surface area contributed by atoms with E-state index in [0.29, 0.717) is 29.5 Å². The van der Waals surface area contributed by atoms with Gasteiger partial charge in [0, 0.05) is 19.5 Å². The third-order valence-electron chi connectivity index (χ3n) is 4.96. The molecule has 1 amide bonds. The molecule has 1 saturated heterocycles. The van der Waals surface area contributed by atoms with E-state index < -0.39 is 0 Å². The van der Waals surface area contributed by atoms with Gasteiger partial charge in [-0.25, -0.2) is 14.4 Å². The van der Waals surface area contributed by atoms with Gasteiger partial charge in [-0.15, -0.1) is 0 Å². The highest BCUT2D eigenvalue weighted by Crippen LogP contribution is 2.35. The number of rotatable bonds is 6. The van der Waals surface area contributed by atoms with Crippen LogP contribution in [0.5, 0.6) is 0 Å². The topological polar surface area (TPSA) is 71.3 Å². The van der Waals surface area contributed by atoms with Crippen LogP contribution >= 0.6 is 11.3 Å². The Bertz CT molecular complexity index is 1020. The van der Waals surface area contributed by atoms with Crippen molar-refractivity contribution in [1.82, 2.24) is 14.9 Å². The van der Waals surface area contributed by atoms with Gasteiger partial charge in [-0.1, -0.05) is 23.5 Å². The molecule has 1 fully saturated rings. The van der Waals surface area contributed by atoms with Crippen LogP contribution in [0.15, 0.2) is 34.9 Å². The van der Waals surface area contributed by atoms with Crippen LogP contribution in [0.4, 0.5) is 9.52 Å². The largest absolute Gasteiger partial charge is 0.443 e. The predicted molar refractivity (Wildman–Crippen MR) is 110 cm³/mol. The first-order valence-electron chi connectivity index (χ1n) is 9.76. The van der Waals surface area contributed by atoms with Crippen molar-refractivity contribution < 1.29 is 13.6 Å². The number of anilines is 1. The van der Waals surface area contributed by atoms with E-state index in [9.17, 15) is 9.18 Å². The van der Waals surface area contributed by atoms with E-state index in [1.165, 1.54) is 23.5 Å². The second-order valence-electron chi connectivity index (χ2n) is 7.09. The molecule has 1 N–H and O–H groups in total. The van der Waals surface area contributed by atoms with Gasteiger partial charge in [0.25, 0.3) is 5.91 Å². The minimum Gasteiger partial charge on any atom is -0.443 e. The number of aryl methyl sites for hydroxylation is 1. The highest BCUT2D eigenvalue weighted by molar-refractivity contribution is 7.17. The summed E-state index contributed by atoms with van der Waals surface area (Å²) in [5, 5.41) is 3.93. The molecular weight excluding hydrogens is 391 g/mol. The number of oxazole rings is 1. The molecule has 0 saturated carbocycles. The summed E-state index contributed by atoms with van der Waals surface area (Å²) in [6.45, 7) is 5.28. The van der Waals surface area contributed by atoms with Gasteiger partial charge in [-0.05, 0) is 44.4 Å². The maximum Gasteiger partial charge on any atom is 0.266 e. The molecule has 4 rings (SSSR count). The first-order valence-corrected chi connectivity index (χ1v) is 10.6. The molecule has 1 aliphatic rings. The van der Waals surface area contributed by atoms with Gasteiger partial charge in [-0.3, -0.25) is 4.79 Å². The first kappa shape index (κ1) is 19.6. The van der Waals surface area contributed by atoms with E-state index in [1.807, 2.05) is 24.8 Å². The zero-order valence-corrected chi connectivity index (χ0v) is 17.3. The molecule has 29 heavy (non-hydrogen) atoms. The molecule has 1 aromatic carbocycles. The molecule has 0 spiro atoms. The maximum atomic E-state index is 13.4. The Hall–Kier alpha value is -2.74. The van der Waals surface area contributed by atoms with Gasteiger partial charge in [0.1, 0.15) is 22.5 Å². The van der Waals surface area contributed by atoms with Crippen molar-refractivity contribution >= 4 is 22.4 Å². The standard InChI is InChI=1S/C21H23FN4O2S/c1-3-23-21-25-13(2)18(29-21)20(27)26-9-5-8-17(26)19-24-12-16(28-19)11-14-6-4-7-15(22)10-14/h4,6-7,10,12,17H,3,5,8-9,11H2,1-2H3,(H,23,25)/t17-/m1/s1. The van der Waals surface area contributed by atoms with Crippen molar-refractivity contribution in [3.05, 3.63) is 64.1 Å². The van der Waals surface area contributed by atoms with Crippen molar-refractivity contribution in [1.29, 1.82) is 0 Å². The predicted octanol–water partition coefficient (Wildman–Crippen LogP) is 4.58. The van der Waals surface area contributed by atoms with Crippen molar-refractivity contribution in [3.63, 3.8) is 0 Å². The van der Waals surface area contributed by atoms with E-state index in [2.05, 4.69) is 15.3 Å². The van der Waals surface area contributed by atoms with Gasteiger partial charge in [-0.2, -0.15) is 0 Å². The third kappa shape index (κ3) is 4.17. The molecule has 1 aliphatic heterocycles. The summed E-state index contributed by atoms with van der Waals surface area (Å²) in [6.07, 6.45) is 3.84. The average molecular weight is 415 g/mol. The smallest absolute Gasteiger partial charge is 0.266 e. The number of hydrogen-bond acceptors (Lipinski definition) is 6. The number of aromatic nitrogens is 2. The second-order valence-corrected chi connectivity index (χ2v) is 8.09. The average Bonchev–Trinajstić information content (AvgIpc) is 3.41. The summed E-state index contributed by atoms with van der Waals surface area (Å²) >= 11 is 1.38. The first-order chi connectivity index (χ1) is 14.0. The Morgan fingerprint density at radius 2 is 2.31 bits per heavy atom. The van der Waals surface area contributed by atoms with Crippen molar-refractivity contribution in [3.8, 4) is 0 Å². The lowest BCUT2D eigenvalue weighted by atomic mass is 10.1. The Balaban J connectivity index is 1.51. The minimum atomic E-state index is -0.272. The molecule has 0 radical (unpaired) electrons. The molecule has 0 bridgehead atoms. The molecule has 2 aromatic heterocycles. The van der Waals surface area contributed by atoms with E-state index >= 15 is 0 Å². The number of carbonyl (C=O) groups excluding carboxylic acids is 1. The zero-order chi connectivity index (χ0) is 20.4. The molecular formula is C21H23FN4O2S. The monoisotopic (exact) mass is 414 g/mol. The lowest BCUT2D eigenvalue weighted by Gasteiger charge is -2.21. The van der Waals surface area contributed by atoms with Crippen LogP contribution in [0.3, 0.4) is 0 Å². The SMILES string of the molecule is CCNc1nc(C)c(C(=O)N2CCC[C@@H]2c2ncc(Cc3cccc(F)c3)o2)s1. The fourth-order valence-electron chi connectivity index (χ4n) is 3.63. The summed E-state index contributed by atoms with van der Waals surface area (Å²) in [5.74, 6) is 0.896. The minimum absolute atomic E-state index is 0.0310. The number of halogens is 1. The number of benzene rings is 1. The molecule has 3 heterocycles. The number of nitrogens with zero attached hydrogens (tertiary/aromatic N) is 3. The zero-order valence-electron chi connectivity index (χ0n) is 16.4. The second kappa shape index (κ2) is 8.32. The van der Waals surface area contributed by atoms with E-state index in [4.69, 9.17) is 4.42 Å². The molecule has 3 aromatic rings. The number of hydrogen-bond donors (Lipinski definition) is 1. The fraction of sp³-hybridized carbons (Fsp3) is 0.381. The van der Waals surface area contributed by atoms with Crippen LogP contribution in [-0.4, -0.2) is 33.9 Å². The number of amides is 1. The molecule has 0 unspecified atom stereocenters. The van der Waals surface area contributed by atoms with Crippen LogP contribution in [-0.2, 0) is 6.42 Å². The summed E-state index contributed by atoms with van der Waals surface area (Å²) < 4.78 is 19.4. The highest BCUT2D eigenvalue weighted by Gasteiger charge is 2.35.